The maximum atomic E-state index is 12.4. The molecular weight excluding hydrogens is 410 g/mol. The van der Waals surface area contributed by atoms with Gasteiger partial charge in [0.15, 0.2) is 0 Å². The third kappa shape index (κ3) is 3.61. The van der Waals surface area contributed by atoms with E-state index in [-0.39, 0.29) is 24.9 Å². The molecule has 0 aliphatic heterocycles. The first kappa shape index (κ1) is 19.8. The fourth-order valence-corrected chi connectivity index (χ4v) is 4.87. The molecule has 0 spiro atoms. The SMILES string of the molecule is CCOC(=O)C[C@@H](c1cc(CO)c2sccc2c1)c1ccc2c(nnn2C)c1Cl. The summed E-state index contributed by atoms with van der Waals surface area (Å²) in [6.07, 6.45) is 0.139. The fraction of sp³-hybridized carbons (Fsp3) is 0.286. The smallest absolute Gasteiger partial charge is 0.306 e. The first-order chi connectivity index (χ1) is 14.0. The summed E-state index contributed by atoms with van der Waals surface area (Å²) in [7, 11) is 1.81. The van der Waals surface area contributed by atoms with Gasteiger partial charge in [0.25, 0.3) is 0 Å². The molecule has 2 aromatic heterocycles. The van der Waals surface area contributed by atoms with Crippen LogP contribution in [0.4, 0.5) is 0 Å². The van der Waals surface area contributed by atoms with Crippen molar-refractivity contribution in [2.24, 2.45) is 7.05 Å². The minimum Gasteiger partial charge on any atom is -0.466 e. The van der Waals surface area contributed by atoms with Gasteiger partial charge < -0.3 is 9.84 Å². The Hall–Kier alpha value is -2.48. The Labute approximate surface area is 176 Å². The second kappa shape index (κ2) is 8.10. The molecule has 0 aliphatic carbocycles. The summed E-state index contributed by atoms with van der Waals surface area (Å²) in [6, 6.07) is 9.82. The van der Waals surface area contributed by atoms with Crippen LogP contribution in [0.25, 0.3) is 21.1 Å². The third-order valence-corrected chi connectivity index (χ3v) is 6.43. The quantitative estimate of drug-likeness (QED) is 0.459. The van der Waals surface area contributed by atoms with Crippen molar-refractivity contribution in [3.8, 4) is 0 Å². The number of thiophene rings is 1. The van der Waals surface area contributed by atoms with E-state index in [0.717, 1.165) is 32.3 Å². The lowest BCUT2D eigenvalue weighted by molar-refractivity contribution is -0.143. The van der Waals surface area contributed by atoms with E-state index in [1.807, 2.05) is 35.7 Å². The van der Waals surface area contributed by atoms with Gasteiger partial charge in [-0.05, 0) is 52.6 Å². The molecule has 0 radical (unpaired) electrons. The summed E-state index contributed by atoms with van der Waals surface area (Å²) in [6.45, 7) is 2.02. The van der Waals surface area contributed by atoms with E-state index in [9.17, 15) is 9.90 Å². The molecule has 29 heavy (non-hydrogen) atoms. The maximum Gasteiger partial charge on any atom is 0.306 e. The fourth-order valence-electron chi connectivity index (χ4n) is 3.65. The zero-order valence-electron chi connectivity index (χ0n) is 16.1. The van der Waals surface area contributed by atoms with E-state index in [4.69, 9.17) is 16.3 Å². The Morgan fingerprint density at radius 3 is 2.93 bits per heavy atom. The number of aliphatic hydroxyl groups excluding tert-OH is 1. The van der Waals surface area contributed by atoms with E-state index in [1.165, 1.54) is 0 Å². The molecule has 0 aliphatic rings. The number of carbonyl (C=O) groups excluding carboxylic acids is 1. The Morgan fingerprint density at radius 2 is 2.17 bits per heavy atom. The summed E-state index contributed by atoms with van der Waals surface area (Å²) in [5.41, 5.74) is 3.93. The minimum atomic E-state index is -0.331. The first-order valence-corrected chi connectivity index (χ1v) is 10.5. The molecule has 6 nitrogen and oxygen atoms in total. The summed E-state index contributed by atoms with van der Waals surface area (Å²) in [4.78, 5) is 12.4. The molecule has 0 amide bonds. The van der Waals surface area contributed by atoms with Crippen molar-refractivity contribution >= 4 is 50.0 Å². The lowest BCUT2D eigenvalue weighted by atomic mass is 9.86. The number of hydrogen-bond donors (Lipinski definition) is 1. The van der Waals surface area contributed by atoms with Gasteiger partial charge in [-0.25, -0.2) is 4.68 Å². The van der Waals surface area contributed by atoms with E-state index in [2.05, 4.69) is 10.3 Å². The number of aliphatic hydroxyl groups is 1. The van der Waals surface area contributed by atoms with E-state index in [1.54, 1.807) is 30.0 Å². The number of rotatable bonds is 6. The highest BCUT2D eigenvalue weighted by Gasteiger charge is 2.25. The number of fused-ring (bicyclic) bond motifs is 2. The zero-order valence-corrected chi connectivity index (χ0v) is 17.6. The van der Waals surface area contributed by atoms with Crippen molar-refractivity contribution < 1.29 is 14.6 Å². The summed E-state index contributed by atoms with van der Waals surface area (Å²) >= 11 is 8.30. The average molecular weight is 430 g/mol. The van der Waals surface area contributed by atoms with Crippen molar-refractivity contribution in [2.75, 3.05) is 6.61 Å². The number of ether oxygens (including phenoxy) is 1. The number of aromatic nitrogens is 3. The van der Waals surface area contributed by atoms with Gasteiger partial charge in [-0.3, -0.25) is 4.79 Å². The summed E-state index contributed by atoms with van der Waals surface area (Å²) < 4.78 is 7.92. The first-order valence-electron chi connectivity index (χ1n) is 9.27. The van der Waals surface area contributed by atoms with Crippen LogP contribution < -0.4 is 0 Å². The molecule has 4 rings (SSSR count). The Balaban J connectivity index is 1.88. The van der Waals surface area contributed by atoms with Crippen LogP contribution in [0.1, 0.15) is 36.0 Å². The monoisotopic (exact) mass is 429 g/mol. The van der Waals surface area contributed by atoms with Crippen molar-refractivity contribution in [3.05, 3.63) is 57.4 Å². The zero-order chi connectivity index (χ0) is 20.5. The maximum absolute atomic E-state index is 12.4. The van der Waals surface area contributed by atoms with Crippen LogP contribution in [-0.4, -0.2) is 32.7 Å². The van der Waals surface area contributed by atoms with Crippen LogP contribution >= 0.6 is 22.9 Å². The average Bonchev–Trinajstić information content (AvgIpc) is 3.33. The highest BCUT2D eigenvalue weighted by Crippen LogP contribution is 2.39. The van der Waals surface area contributed by atoms with E-state index >= 15 is 0 Å². The number of benzene rings is 2. The largest absolute Gasteiger partial charge is 0.466 e. The van der Waals surface area contributed by atoms with Crippen molar-refractivity contribution in [2.45, 2.75) is 25.9 Å². The van der Waals surface area contributed by atoms with Gasteiger partial charge in [-0.1, -0.05) is 28.9 Å². The van der Waals surface area contributed by atoms with Gasteiger partial charge in [0.05, 0.1) is 30.2 Å². The minimum absolute atomic E-state index is 0.0755. The highest BCUT2D eigenvalue weighted by molar-refractivity contribution is 7.17. The van der Waals surface area contributed by atoms with Gasteiger partial charge >= 0.3 is 5.97 Å². The topological polar surface area (TPSA) is 77.2 Å². The second-order valence-corrected chi connectivity index (χ2v) is 8.08. The molecule has 4 aromatic rings. The molecule has 8 heteroatoms. The molecule has 0 saturated carbocycles. The number of aryl methyl sites for hydroxylation is 1. The molecule has 1 atom stereocenters. The van der Waals surface area contributed by atoms with Crippen molar-refractivity contribution in [3.63, 3.8) is 0 Å². The molecule has 0 fully saturated rings. The van der Waals surface area contributed by atoms with Gasteiger partial charge in [0, 0.05) is 17.7 Å². The molecule has 2 aromatic carbocycles. The van der Waals surface area contributed by atoms with Crippen molar-refractivity contribution in [1.82, 2.24) is 15.0 Å². The number of halogens is 1. The molecule has 1 N–H and O–H groups in total. The summed E-state index contributed by atoms with van der Waals surface area (Å²) in [5.74, 6) is -0.633. The molecule has 150 valence electrons. The molecule has 0 saturated heterocycles. The van der Waals surface area contributed by atoms with Crippen LogP contribution in [0.3, 0.4) is 0 Å². The molecular formula is C21H20ClN3O3S. The molecule has 0 unspecified atom stereocenters. The van der Waals surface area contributed by atoms with Crippen LogP contribution in [0.15, 0.2) is 35.7 Å². The van der Waals surface area contributed by atoms with Crippen LogP contribution in [0.2, 0.25) is 5.02 Å². The van der Waals surface area contributed by atoms with E-state index < -0.39 is 0 Å². The van der Waals surface area contributed by atoms with E-state index in [0.29, 0.717) is 17.1 Å². The highest BCUT2D eigenvalue weighted by atomic mass is 35.5. The van der Waals surface area contributed by atoms with Gasteiger partial charge in [0.1, 0.15) is 5.52 Å². The number of carbonyl (C=O) groups is 1. The predicted octanol–water partition coefficient (Wildman–Crippen LogP) is 4.41. The molecule has 2 heterocycles. The van der Waals surface area contributed by atoms with Crippen molar-refractivity contribution in [1.29, 1.82) is 0 Å². The Kier molecular flexibility index (Phi) is 5.54. The lowest BCUT2D eigenvalue weighted by Crippen LogP contribution is -2.12. The second-order valence-electron chi connectivity index (χ2n) is 6.79. The van der Waals surface area contributed by atoms with Gasteiger partial charge in [-0.2, -0.15) is 0 Å². The normalized spacial score (nSPS) is 12.6. The van der Waals surface area contributed by atoms with Crippen LogP contribution in [-0.2, 0) is 23.2 Å². The number of nitrogens with zero attached hydrogens (tertiary/aromatic N) is 3. The van der Waals surface area contributed by atoms with Gasteiger partial charge in [-0.15, -0.1) is 16.4 Å². The number of hydrogen-bond acceptors (Lipinski definition) is 6. The standard InChI is InChI=1S/C21H20ClN3O3S/c1-3-28-18(27)10-16(13-8-12-6-7-29-21(12)14(9-13)11-26)15-4-5-17-20(19(15)22)23-24-25(17)2/h4-9,16,26H,3,10-11H2,1-2H3/t16-/m0/s1. The molecule has 0 bridgehead atoms. The third-order valence-electron chi connectivity index (χ3n) is 5.03. The Morgan fingerprint density at radius 1 is 1.34 bits per heavy atom. The van der Waals surface area contributed by atoms with Gasteiger partial charge in [0.2, 0.25) is 0 Å². The predicted molar refractivity (Wildman–Crippen MR) is 114 cm³/mol. The van der Waals surface area contributed by atoms with Crippen LogP contribution in [0, 0.1) is 0 Å². The summed E-state index contributed by atoms with van der Waals surface area (Å²) in [5, 5.41) is 21.6. The van der Waals surface area contributed by atoms with Crippen LogP contribution in [0.5, 0.6) is 0 Å². The lowest BCUT2D eigenvalue weighted by Gasteiger charge is -2.20. The number of esters is 1. The Bertz CT molecular complexity index is 1200.